The summed E-state index contributed by atoms with van der Waals surface area (Å²) in [5.41, 5.74) is 0.724. The first kappa shape index (κ1) is 35.6. The average molecular weight is 596 g/mol. The second kappa shape index (κ2) is 18.9. The first-order valence-electron chi connectivity index (χ1n) is 16.0. The normalized spacial score (nSPS) is 12.7. The summed E-state index contributed by atoms with van der Waals surface area (Å²) in [6.07, 6.45) is 8.55. The summed E-state index contributed by atoms with van der Waals surface area (Å²) >= 11 is 0. The molecule has 0 fully saturated rings. The molecule has 0 saturated heterocycles. The van der Waals surface area contributed by atoms with Gasteiger partial charge in [-0.2, -0.15) is 0 Å². The average Bonchev–Trinajstić information content (AvgIpc) is 2.96. The van der Waals surface area contributed by atoms with Gasteiger partial charge in [-0.15, -0.1) is 0 Å². The lowest BCUT2D eigenvalue weighted by molar-refractivity contribution is -0.142. The minimum absolute atomic E-state index is 0.111. The van der Waals surface area contributed by atoms with E-state index >= 15 is 0 Å². The van der Waals surface area contributed by atoms with Crippen LogP contribution in [0.5, 0.6) is 5.75 Å². The number of hydrogen-bond acceptors (Lipinski definition) is 5. The molecule has 0 aliphatic carbocycles. The van der Waals surface area contributed by atoms with E-state index in [2.05, 4.69) is 24.5 Å². The van der Waals surface area contributed by atoms with Crippen molar-refractivity contribution in [1.82, 2.24) is 15.5 Å². The van der Waals surface area contributed by atoms with Gasteiger partial charge in [0.2, 0.25) is 11.8 Å². The van der Waals surface area contributed by atoms with Crippen molar-refractivity contribution in [1.29, 1.82) is 0 Å². The SMILES string of the molecule is CCCCCCCCN(C(=O)C(Cc1ccc(O)cc1)NC(=O)OC(C)(C)C)C(C(=O)NCCCCC)c1ccccc1. The Labute approximate surface area is 258 Å². The summed E-state index contributed by atoms with van der Waals surface area (Å²) in [5.74, 6) is -0.479. The van der Waals surface area contributed by atoms with Crippen molar-refractivity contribution in [3.05, 3.63) is 65.7 Å². The first-order chi connectivity index (χ1) is 20.6. The van der Waals surface area contributed by atoms with Gasteiger partial charge in [0, 0.05) is 19.5 Å². The number of phenolic OH excluding ortho intramolecular Hbond substituents is 1. The molecule has 0 heterocycles. The third-order valence-electron chi connectivity index (χ3n) is 7.16. The fourth-order valence-corrected chi connectivity index (χ4v) is 4.94. The molecule has 2 rings (SSSR count). The van der Waals surface area contributed by atoms with E-state index in [-0.39, 0.29) is 24.0 Å². The Morgan fingerprint density at radius 1 is 0.837 bits per heavy atom. The monoisotopic (exact) mass is 595 g/mol. The van der Waals surface area contributed by atoms with E-state index in [0.29, 0.717) is 13.1 Å². The van der Waals surface area contributed by atoms with E-state index in [1.165, 1.54) is 6.42 Å². The van der Waals surface area contributed by atoms with Crippen molar-refractivity contribution >= 4 is 17.9 Å². The number of aromatic hydroxyl groups is 1. The van der Waals surface area contributed by atoms with Crippen LogP contribution in [0.2, 0.25) is 0 Å². The van der Waals surface area contributed by atoms with E-state index in [4.69, 9.17) is 4.74 Å². The van der Waals surface area contributed by atoms with E-state index < -0.39 is 23.8 Å². The molecule has 2 unspecified atom stereocenters. The van der Waals surface area contributed by atoms with Crippen molar-refractivity contribution < 1.29 is 24.2 Å². The summed E-state index contributed by atoms with van der Waals surface area (Å²) in [6.45, 7) is 10.5. The number of unbranched alkanes of at least 4 members (excludes halogenated alkanes) is 7. The molecule has 0 bridgehead atoms. The fourth-order valence-electron chi connectivity index (χ4n) is 4.94. The lowest BCUT2D eigenvalue weighted by Gasteiger charge is -2.34. The molecular formula is C35H53N3O5. The van der Waals surface area contributed by atoms with Crippen molar-refractivity contribution in [2.45, 2.75) is 117 Å². The number of hydrogen-bond donors (Lipinski definition) is 3. The van der Waals surface area contributed by atoms with Gasteiger partial charge in [0.1, 0.15) is 23.4 Å². The molecule has 0 aliphatic rings. The van der Waals surface area contributed by atoms with Crippen LogP contribution in [-0.2, 0) is 20.7 Å². The molecule has 8 heteroatoms. The summed E-state index contributed by atoms with van der Waals surface area (Å²) in [4.78, 5) is 42.9. The van der Waals surface area contributed by atoms with Gasteiger partial charge < -0.3 is 25.4 Å². The highest BCUT2D eigenvalue weighted by Gasteiger charge is 2.36. The first-order valence-corrected chi connectivity index (χ1v) is 16.0. The van der Waals surface area contributed by atoms with Gasteiger partial charge in [0.15, 0.2) is 0 Å². The highest BCUT2D eigenvalue weighted by atomic mass is 16.6. The van der Waals surface area contributed by atoms with E-state index in [1.54, 1.807) is 49.9 Å². The molecule has 238 valence electrons. The lowest BCUT2D eigenvalue weighted by atomic mass is 9.99. The molecule has 0 aromatic heterocycles. The number of benzene rings is 2. The van der Waals surface area contributed by atoms with Crippen LogP contribution in [0.4, 0.5) is 4.79 Å². The maximum Gasteiger partial charge on any atom is 0.408 e. The molecule has 0 radical (unpaired) electrons. The van der Waals surface area contributed by atoms with Crippen LogP contribution in [0.15, 0.2) is 54.6 Å². The predicted molar refractivity (Wildman–Crippen MR) is 172 cm³/mol. The number of amides is 3. The van der Waals surface area contributed by atoms with Crippen LogP contribution < -0.4 is 10.6 Å². The zero-order valence-electron chi connectivity index (χ0n) is 26.9. The Morgan fingerprint density at radius 3 is 2.07 bits per heavy atom. The molecule has 43 heavy (non-hydrogen) atoms. The molecule has 0 spiro atoms. The second-order valence-corrected chi connectivity index (χ2v) is 12.2. The number of nitrogens with zero attached hydrogens (tertiary/aromatic N) is 1. The molecule has 0 aliphatic heterocycles. The zero-order valence-corrected chi connectivity index (χ0v) is 26.9. The number of rotatable bonds is 18. The maximum atomic E-state index is 14.5. The third kappa shape index (κ3) is 13.5. The molecule has 0 saturated carbocycles. The Bertz CT molecular complexity index is 1100. The zero-order chi connectivity index (χ0) is 31.7. The van der Waals surface area contributed by atoms with Gasteiger partial charge in [-0.3, -0.25) is 9.59 Å². The second-order valence-electron chi connectivity index (χ2n) is 12.2. The molecule has 8 nitrogen and oxygen atoms in total. The number of phenols is 1. The highest BCUT2D eigenvalue weighted by molar-refractivity contribution is 5.92. The van der Waals surface area contributed by atoms with E-state index in [1.807, 2.05) is 30.3 Å². The number of carbonyl (C=O) groups is 3. The van der Waals surface area contributed by atoms with Crippen LogP contribution in [0.3, 0.4) is 0 Å². The van der Waals surface area contributed by atoms with Crippen LogP contribution in [0.1, 0.15) is 110 Å². The van der Waals surface area contributed by atoms with Gasteiger partial charge >= 0.3 is 6.09 Å². The molecule has 2 atom stereocenters. The van der Waals surface area contributed by atoms with Gasteiger partial charge in [0.25, 0.3) is 0 Å². The van der Waals surface area contributed by atoms with Gasteiger partial charge in [-0.25, -0.2) is 4.79 Å². The summed E-state index contributed by atoms with van der Waals surface area (Å²) in [7, 11) is 0. The quantitative estimate of drug-likeness (QED) is 0.160. The van der Waals surface area contributed by atoms with E-state index in [0.717, 1.165) is 62.5 Å². The van der Waals surface area contributed by atoms with Crippen LogP contribution in [-0.4, -0.2) is 52.6 Å². The number of alkyl carbamates (subject to hydrolysis) is 1. The van der Waals surface area contributed by atoms with Crippen molar-refractivity contribution in [3.63, 3.8) is 0 Å². The Kier molecular flexibility index (Phi) is 15.6. The molecular weight excluding hydrogens is 542 g/mol. The van der Waals surface area contributed by atoms with Crippen LogP contribution >= 0.6 is 0 Å². The number of ether oxygens (including phenoxy) is 1. The number of carbonyl (C=O) groups excluding carboxylic acids is 3. The topological polar surface area (TPSA) is 108 Å². The Hall–Kier alpha value is -3.55. The Balaban J connectivity index is 2.46. The van der Waals surface area contributed by atoms with Crippen molar-refractivity contribution in [2.24, 2.45) is 0 Å². The summed E-state index contributed by atoms with van der Waals surface area (Å²) in [6, 6.07) is 14.1. The minimum atomic E-state index is -0.987. The van der Waals surface area contributed by atoms with Gasteiger partial charge in [-0.1, -0.05) is 101 Å². The molecule has 3 amide bonds. The minimum Gasteiger partial charge on any atom is -0.508 e. The van der Waals surface area contributed by atoms with Crippen LogP contribution in [0, 0.1) is 0 Å². The van der Waals surface area contributed by atoms with Crippen molar-refractivity contribution in [3.8, 4) is 5.75 Å². The van der Waals surface area contributed by atoms with Gasteiger partial charge in [-0.05, 0) is 56.9 Å². The van der Waals surface area contributed by atoms with Gasteiger partial charge in [0.05, 0.1) is 0 Å². The lowest BCUT2D eigenvalue weighted by Crippen LogP contribution is -2.54. The molecule has 2 aromatic rings. The van der Waals surface area contributed by atoms with Crippen LogP contribution in [0.25, 0.3) is 0 Å². The molecule has 3 N–H and O–H groups in total. The standard InChI is InChI=1S/C35H53N3O5/c1-6-8-10-11-12-17-25-38(31(28-18-14-13-15-19-28)32(40)36-24-16-9-7-2)33(41)30(37-34(42)43-35(3,4)5)26-27-20-22-29(39)23-21-27/h13-15,18-23,30-31,39H,6-12,16-17,24-26H2,1-5H3,(H,36,40)(H,37,42). The fraction of sp³-hybridized carbons (Fsp3) is 0.571. The van der Waals surface area contributed by atoms with Crippen molar-refractivity contribution in [2.75, 3.05) is 13.1 Å². The largest absolute Gasteiger partial charge is 0.508 e. The smallest absolute Gasteiger partial charge is 0.408 e. The highest BCUT2D eigenvalue weighted by Crippen LogP contribution is 2.25. The number of nitrogens with one attached hydrogen (secondary N) is 2. The summed E-state index contributed by atoms with van der Waals surface area (Å²) < 4.78 is 5.52. The summed E-state index contributed by atoms with van der Waals surface area (Å²) in [5, 5.41) is 15.6. The van der Waals surface area contributed by atoms with E-state index in [9.17, 15) is 19.5 Å². The third-order valence-corrected chi connectivity index (χ3v) is 7.16. The molecule has 2 aromatic carbocycles. The predicted octanol–water partition coefficient (Wildman–Crippen LogP) is 7.06. The Morgan fingerprint density at radius 2 is 1.44 bits per heavy atom. The maximum absolute atomic E-state index is 14.5.